The average molecular weight is 333 g/mol. The van der Waals surface area contributed by atoms with Gasteiger partial charge in [-0.3, -0.25) is 14.5 Å². The number of rotatable bonds is 5. The van der Waals surface area contributed by atoms with Crippen LogP contribution in [0.1, 0.15) is 12.0 Å². The van der Waals surface area contributed by atoms with Crippen LogP contribution in [0.3, 0.4) is 0 Å². The maximum absolute atomic E-state index is 12.9. The number of carbonyl (C=O) groups excluding carboxylic acids is 3. The van der Waals surface area contributed by atoms with Crippen LogP contribution >= 0.6 is 0 Å². The van der Waals surface area contributed by atoms with Crippen LogP contribution in [-0.2, 0) is 19.9 Å². The molecule has 1 aromatic carbocycles. The lowest BCUT2D eigenvalue weighted by Gasteiger charge is -2.33. The smallest absolute Gasteiger partial charge is 0.325 e. The van der Waals surface area contributed by atoms with E-state index in [4.69, 9.17) is 9.47 Å². The number of hydrogen-bond donors (Lipinski definition) is 2. The predicted octanol–water partition coefficient (Wildman–Crippen LogP) is -0.0212. The van der Waals surface area contributed by atoms with Crippen LogP contribution in [0, 0.1) is 0 Å². The summed E-state index contributed by atoms with van der Waals surface area (Å²) in [5.41, 5.74) is -0.532. The second kappa shape index (κ2) is 6.48. The van der Waals surface area contributed by atoms with Gasteiger partial charge >= 0.3 is 6.03 Å². The summed E-state index contributed by atoms with van der Waals surface area (Å²) in [6.45, 7) is 0.678. The summed E-state index contributed by atoms with van der Waals surface area (Å²) in [4.78, 5) is 38.1. The second-order valence-electron chi connectivity index (χ2n) is 5.66. The summed E-state index contributed by atoms with van der Waals surface area (Å²) < 4.78 is 10.4. The molecule has 4 amide bonds. The fraction of sp³-hybridized carbons (Fsp3) is 0.438. The minimum absolute atomic E-state index is 0.316. The Morgan fingerprint density at radius 2 is 2.21 bits per heavy atom. The van der Waals surface area contributed by atoms with E-state index < -0.39 is 23.4 Å². The molecule has 1 atom stereocenters. The Balaban J connectivity index is 1.79. The van der Waals surface area contributed by atoms with E-state index in [1.165, 1.54) is 7.11 Å². The molecule has 0 aliphatic carbocycles. The molecule has 1 aromatic rings. The van der Waals surface area contributed by atoms with Crippen molar-refractivity contribution in [2.75, 3.05) is 33.4 Å². The van der Waals surface area contributed by atoms with E-state index in [1.807, 2.05) is 0 Å². The number of amides is 4. The number of urea groups is 1. The fourth-order valence-electron chi connectivity index (χ4n) is 3.01. The average Bonchev–Trinajstić information content (AvgIpc) is 2.81. The number of para-hydroxylation sites is 1. The number of carbonyl (C=O) groups is 3. The van der Waals surface area contributed by atoms with Gasteiger partial charge in [0.1, 0.15) is 12.3 Å². The maximum atomic E-state index is 12.9. The van der Waals surface area contributed by atoms with Crippen molar-refractivity contribution in [1.82, 2.24) is 15.5 Å². The molecule has 1 saturated heterocycles. The van der Waals surface area contributed by atoms with Crippen LogP contribution < -0.4 is 15.4 Å². The van der Waals surface area contributed by atoms with E-state index in [2.05, 4.69) is 10.6 Å². The Kier molecular flexibility index (Phi) is 4.39. The van der Waals surface area contributed by atoms with Gasteiger partial charge in [-0.05, 0) is 6.07 Å². The van der Waals surface area contributed by atoms with E-state index in [1.54, 1.807) is 24.3 Å². The third kappa shape index (κ3) is 2.69. The van der Waals surface area contributed by atoms with Gasteiger partial charge in [-0.1, -0.05) is 18.2 Å². The lowest BCUT2D eigenvalue weighted by molar-refractivity contribution is -0.136. The molecule has 0 saturated carbocycles. The third-order valence-electron chi connectivity index (χ3n) is 4.19. The Labute approximate surface area is 139 Å². The Bertz CT molecular complexity index is 677. The molecule has 2 N–H and O–H groups in total. The molecule has 8 nitrogen and oxygen atoms in total. The molecule has 8 heteroatoms. The van der Waals surface area contributed by atoms with Crippen LogP contribution in [0.5, 0.6) is 5.75 Å². The normalized spacial score (nSPS) is 22.1. The summed E-state index contributed by atoms with van der Waals surface area (Å²) in [6.07, 6.45) is 0.330. The first-order chi connectivity index (χ1) is 11.6. The van der Waals surface area contributed by atoms with Crippen molar-refractivity contribution in [3.05, 3.63) is 29.8 Å². The standard InChI is InChI=1S/C16H19N3O5/c1-23-9-7-17-13(20)10-19-14(21)16(18-15(19)22)6-8-24-12-5-3-2-4-11(12)16/h2-5H,6-10H2,1H3,(H,17,20)(H,18,22)/t16-/m1/s1. The van der Waals surface area contributed by atoms with Crippen LogP contribution in [0.25, 0.3) is 0 Å². The SMILES string of the molecule is COCCNC(=O)CN1C(=O)N[C@@]2(CCOc3ccccc32)C1=O. The van der Waals surface area contributed by atoms with Crippen molar-refractivity contribution in [1.29, 1.82) is 0 Å². The van der Waals surface area contributed by atoms with Crippen LogP contribution in [0.15, 0.2) is 24.3 Å². The van der Waals surface area contributed by atoms with E-state index in [0.717, 1.165) is 4.90 Å². The highest BCUT2D eigenvalue weighted by molar-refractivity contribution is 6.09. The topological polar surface area (TPSA) is 97.0 Å². The predicted molar refractivity (Wildman–Crippen MR) is 83.4 cm³/mol. The van der Waals surface area contributed by atoms with Crippen LogP contribution in [0.4, 0.5) is 4.79 Å². The summed E-state index contributed by atoms with van der Waals surface area (Å²) in [7, 11) is 1.52. The first-order valence-corrected chi connectivity index (χ1v) is 7.70. The number of imide groups is 1. The number of nitrogens with zero attached hydrogens (tertiary/aromatic N) is 1. The Morgan fingerprint density at radius 3 is 3.00 bits per heavy atom. The highest BCUT2D eigenvalue weighted by Crippen LogP contribution is 2.40. The third-order valence-corrected chi connectivity index (χ3v) is 4.19. The van der Waals surface area contributed by atoms with Crippen molar-refractivity contribution in [2.45, 2.75) is 12.0 Å². The van der Waals surface area contributed by atoms with Gasteiger partial charge in [-0.15, -0.1) is 0 Å². The molecule has 128 valence electrons. The molecule has 1 spiro atoms. The molecule has 1 fully saturated rings. The molecule has 0 unspecified atom stereocenters. The number of hydrogen-bond acceptors (Lipinski definition) is 5. The number of fused-ring (bicyclic) bond motifs is 2. The van der Waals surface area contributed by atoms with E-state index >= 15 is 0 Å². The van der Waals surface area contributed by atoms with Gasteiger partial charge < -0.3 is 20.1 Å². The monoisotopic (exact) mass is 333 g/mol. The quantitative estimate of drug-likeness (QED) is 0.583. The molecule has 0 aromatic heterocycles. The van der Waals surface area contributed by atoms with Gasteiger partial charge in [-0.2, -0.15) is 0 Å². The molecular formula is C16H19N3O5. The molecule has 2 aliphatic heterocycles. The van der Waals surface area contributed by atoms with Crippen molar-refractivity contribution >= 4 is 17.8 Å². The van der Waals surface area contributed by atoms with Gasteiger partial charge in [0, 0.05) is 25.6 Å². The second-order valence-corrected chi connectivity index (χ2v) is 5.66. The van der Waals surface area contributed by atoms with Gasteiger partial charge in [0.2, 0.25) is 5.91 Å². The van der Waals surface area contributed by atoms with Crippen molar-refractivity contribution in [2.24, 2.45) is 0 Å². The van der Waals surface area contributed by atoms with Crippen molar-refractivity contribution in [3.8, 4) is 5.75 Å². The van der Waals surface area contributed by atoms with Gasteiger partial charge in [0.25, 0.3) is 5.91 Å². The highest BCUT2D eigenvalue weighted by Gasteiger charge is 2.55. The van der Waals surface area contributed by atoms with Gasteiger partial charge in [0.05, 0.1) is 13.2 Å². The highest BCUT2D eigenvalue weighted by atomic mass is 16.5. The summed E-state index contributed by atoms with van der Waals surface area (Å²) in [6, 6.07) is 6.54. The molecule has 0 bridgehead atoms. The lowest BCUT2D eigenvalue weighted by atomic mass is 9.84. The first-order valence-electron chi connectivity index (χ1n) is 7.70. The summed E-state index contributed by atoms with van der Waals surface area (Å²) in [5, 5.41) is 5.35. The number of methoxy groups -OCH3 is 1. The van der Waals surface area contributed by atoms with E-state index in [0.29, 0.717) is 37.5 Å². The number of nitrogens with one attached hydrogen (secondary N) is 2. The van der Waals surface area contributed by atoms with E-state index in [-0.39, 0.29) is 6.54 Å². The van der Waals surface area contributed by atoms with E-state index in [9.17, 15) is 14.4 Å². The Morgan fingerprint density at radius 1 is 1.42 bits per heavy atom. The summed E-state index contributed by atoms with van der Waals surface area (Å²) in [5.74, 6) is -0.262. The van der Waals surface area contributed by atoms with Gasteiger partial charge in [0.15, 0.2) is 5.54 Å². The van der Waals surface area contributed by atoms with Crippen molar-refractivity contribution in [3.63, 3.8) is 0 Å². The van der Waals surface area contributed by atoms with Crippen molar-refractivity contribution < 1.29 is 23.9 Å². The first kappa shape index (κ1) is 16.3. The van der Waals surface area contributed by atoms with Crippen LogP contribution in [0.2, 0.25) is 0 Å². The zero-order valence-electron chi connectivity index (χ0n) is 13.3. The zero-order valence-corrected chi connectivity index (χ0v) is 13.3. The fourth-order valence-corrected chi connectivity index (χ4v) is 3.01. The molecule has 2 aliphatic rings. The largest absolute Gasteiger partial charge is 0.493 e. The minimum atomic E-state index is -1.15. The Hall–Kier alpha value is -2.61. The molecule has 2 heterocycles. The number of ether oxygens (including phenoxy) is 2. The molecular weight excluding hydrogens is 314 g/mol. The van der Waals surface area contributed by atoms with Gasteiger partial charge in [-0.25, -0.2) is 4.79 Å². The summed E-state index contributed by atoms with van der Waals surface area (Å²) >= 11 is 0. The molecule has 24 heavy (non-hydrogen) atoms. The minimum Gasteiger partial charge on any atom is -0.493 e. The molecule has 0 radical (unpaired) electrons. The maximum Gasteiger partial charge on any atom is 0.325 e. The van der Waals surface area contributed by atoms with Crippen LogP contribution in [-0.4, -0.2) is 56.2 Å². The lowest BCUT2D eigenvalue weighted by Crippen LogP contribution is -2.48. The molecule has 3 rings (SSSR count). The zero-order chi connectivity index (χ0) is 17.2. The number of benzene rings is 1.